The summed E-state index contributed by atoms with van der Waals surface area (Å²) in [7, 11) is -4.02. The smallest absolute Gasteiger partial charge is 0.294 e. The lowest BCUT2D eigenvalue weighted by Crippen LogP contribution is -2.49. The summed E-state index contributed by atoms with van der Waals surface area (Å²) < 4.78 is 69.9. The Balaban J connectivity index is 0.000000375. The summed E-state index contributed by atoms with van der Waals surface area (Å²) in [6, 6.07) is 16.9. The summed E-state index contributed by atoms with van der Waals surface area (Å²) in [5, 5.41) is 9.18. The Morgan fingerprint density at radius 1 is 1.00 bits per heavy atom. The molecule has 208 valence electrons. The first-order chi connectivity index (χ1) is 17.9. The van der Waals surface area contributed by atoms with Gasteiger partial charge in [0.15, 0.2) is 0 Å². The molecular weight excluding hydrogens is 555 g/mol. The molecule has 1 heterocycles. The maximum atomic E-state index is 13.7. The largest absolute Gasteiger partial charge is 0.322 e. The molecule has 1 fully saturated rings. The van der Waals surface area contributed by atoms with Crippen molar-refractivity contribution >= 4 is 28.4 Å². The number of carbonyl (C=O) groups is 1. The molecule has 4 rings (SSSR count). The SMILES string of the molecule is Cc1ccc(S(=O)(=O)O)cc1.Cl.N#C[C@@H]1C[C@H](F)CN1C(=O)[C@@H](N)C(c1ccc(F)cc1)c1ccc(F)cc1. The van der Waals surface area contributed by atoms with Crippen molar-refractivity contribution in [1.82, 2.24) is 4.90 Å². The Bertz CT molecular complexity index is 1350. The highest BCUT2D eigenvalue weighted by atomic mass is 35.5. The van der Waals surface area contributed by atoms with Gasteiger partial charge in [-0.1, -0.05) is 42.0 Å². The van der Waals surface area contributed by atoms with E-state index < -0.39 is 51.8 Å². The summed E-state index contributed by atoms with van der Waals surface area (Å²) >= 11 is 0. The van der Waals surface area contributed by atoms with Crippen molar-refractivity contribution in [1.29, 1.82) is 5.26 Å². The molecule has 0 bridgehead atoms. The van der Waals surface area contributed by atoms with Crippen molar-refractivity contribution in [3.05, 3.63) is 101 Å². The van der Waals surface area contributed by atoms with E-state index in [9.17, 15) is 31.6 Å². The Kier molecular flexibility index (Phi) is 11.1. The third-order valence-corrected chi connectivity index (χ3v) is 6.97. The average Bonchev–Trinajstić information content (AvgIpc) is 3.26. The minimum Gasteiger partial charge on any atom is -0.322 e. The van der Waals surface area contributed by atoms with Gasteiger partial charge in [-0.15, -0.1) is 12.4 Å². The molecule has 3 N–H and O–H groups in total. The highest BCUT2D eigenvalue weighted by Gasteiger charge is 2.40. The van der Waals surface area contributed by atoms with Gasteiger partial charge in [-0.25, -0.2) is 13.2 Å². The van der Waals surface area contributed by atoms with E-state index in [0.29, 0.717) is 11.1 Å². The number of amides is 1. The number of aryl methyl sites for hydroxylation is 1. The van der Waals surface area contributed by atoms with E-state index in [0.717, 1.165) is 10.5 Å². The first-order valence-corrected chi connectivity index (χ1v) is 13.0. The molecule has 3 aromatic rings. The van der Waals surface area contributed by atoms with Crippen LogP contribution < -0.4 is 5.73 Å². The van der Waals surface area contributed by atoms with Crippen molar-refractivity contribution in [2.24, 2.45) is 5.73 Å². The highest BCUT2D eigenvalue weighted by Crippen LogP contribution is 2.30. The lowest BCUT2D eigenvalue weighted by atomic mass is 9.84. The normalized spacial score (nSPS) is 17.4. The van der Waals surface area contributed by atoms with E-state index in [2.05, 4.69) is 0 Å². The first kappa shape index (κ1) is 31.8. The highest BCUT2D eigenvalue weighted by molar-refractivity contribution is 7.85. The van der Waals surface area contributed by atoms with Crippen molar-refractivity contribution < 1.29 is 30.9 Å². The van der Waals surface area contributed by atoms with Crippen LogP contribution in [0.2, 0.25) is 0 Å². The Morgan fingerprint density at radius 3 is 1.87 bits per heavy atom. The number of benzene rings is 3. The van der Waals surface area contributed by atoms with Crippen LogP contribution in [-0.2, 0) is 14.9 Å². The van der Waals surface area contributed by atoms with Crippen LogP contribution in [0.3, 0.4) is 0 Å². The minimum atomic E-state index is -4.02. The number of alkyl halides is 1. The lowest BCUT2D eigenvalue weighted by Gasteiger charge is -2.29. The molecule has 0 spiro atoms. The van der Waals surface area contributed by atoms with E-state index in [1.807, 2.05) is 13.0 Å². The summed E-state index contributed by atoms with van der Waals surface area (Å²) in [4.78, 5) is 14.0. The van der Waals surface area contributed by atoms with Crippen molar-refractivity contribution in [3.8, 4) is 6.07 Å². The van der Waals surface area contributed by atoms with Gasteiger partial charge in [0.05, 0.1) is 23.6 Å². The molecule has 3 aromatic carbocycles. The molecule has 0 aromatic heterocycles. The zero-order valence-corrected chi connectivity index (χ0v) is 22.4. The van der Waals surface area contributed by atoms with Crippen molar-refractivity contribution in [2.45, 2.75) is 42.4 Å². The maximum Gasteiger partial charge on any atom is 0.294 e. The number of nitrogens with zero attached hydrogens (tertiary/aromatic N) is 2. The second kappa shape index (κ2) is 13.6. The third kappa shape index (κ3) is 8.28. The predicted molar refractivity (Wildman–Crippen MR) is 141 cm³/mol. The number of rotatable bonds is 5. The number of nitrogens with two attached hydrogens (primary N) is 1. The number of likely N-dealkylation sites (tertiary alicyclic amines) is 1. The zero-order chi connectivity index (χ0) is 28.0. The van der Waals surface area contributed by atoms with E-state index in [4.69, 9.17) is 10.3 Å². The summed E-state index contributed by atoms with van der Waals surface area (Å²) in [6.45, 7) is 1.65. The van der Waals surface area contributed by atoms with Crippen LogP contribution in [0.15, 0.2) is 77.7 Å². The molecule has 7 nitrogen and oxygen atoms in total. The van der Waals surface area contributed by atoms with E-state index in [1.54, 1.807) is 12.1 Å². The van der Waals surface area contributed by atoms with Crippen LogP contribution in [0.1, 0.15) is 29.0 Å². The predicted octanol–water partition coefficient (Wildman–Crippen LogP) is 4.55. The maximum absolute atomic E-state index is 13.7. The number of hydrogen-bond donors (Lipinski definition) is 2. The Morgan fingerprint density at radius 2 is 1.46 bits per heavy atom. The second-order valence-corrected chi connectivity index (χ2v) is 10.3. The van der Waals surface area contributed by atoms with Crippen molar-refractivity contribution in [3.63, 3.8) is 0 Å². The quantitative estimate of drug-likeness (QED) is 0.426. The van der Waals surface area contributed by atoms with Gasteiger partial charge in [-0.3, -0.25) is 9.35 Å². The zero-order valence-electron chi connectivity index (χ0n) is 20.7. The van der Waals surface area contributed by atoms with Crippen LogP contribution in [0, 0.1) is 29.9 Å². The number of carbonyl (C=O) groups excluding carboxylic acids is 1. The monoisotopic (exact) mass is 581 g/mol. The second-order valence-electron chi connectivity index (χ2n) is 8.86. The number of halogens is 4. The van der Waals surface area contributed by atoms with E-state index in [-0.39, 0.29) is 30.3 Å². The fourth-order valence-corrected chi connectivity index (χ4v) is 4.62. The van der Waals surface area contributed by atoms with Crippen LogP contribution in [0.4, 0.5) is 13.2 Å². The van der Waals surface area contributed by atoms with Crippen molar-refractivity contribution in [2.75, 3.05) is 6.54 Å². The molecule has 1 amide bonds. The lowest BCUT2D eigenvalue weighted by molar-refractivity contribution is -0.133. The summed E-state index contributed by atoms with van der Waals surface area (Å²) in [5.74, 6) is -2.15. The van der Waals surface area contributed by atoms with Crippen LogP contribution in [-0.4, -0.2) is 48.6 Å². The molecule has 0 aliphatic carbocycles. The number of nitriles is 1. The minimum absolute atomic E-state index is 0. The van der Waals surface area contributed by atoms with Gasteiger partial charge < -0.3 is 10.6 Å². The van der Waals surface area contributed by atoms with Gasteiger partial charge in [0, 0.05) is 12.3 Å². The Hall–Kier alpha value is -3.43. The average molecular weight is 582 g/mol. The molecule has 0 radical (unpaired) electrons. The molecule has 0 saturated carbocycles. The van der Waals surface area contributed by atoms with Crippen LogP contribution in [0.25, 0.3) is 0 Å². The molecule has 39 heavy (non-hydrogen) atoms. The van der Waals surface area contributed by atoms with Crippen LogP contribution in [0.5, 0.6) is 0 Å². The molecule has 1 aliphatic rings. The summed E-state index contributed by atoms with van der Waals surface area (Å²) in [5.41, 5.74) is 8.32. The molecule has 0 unspecified atom stereocenters. The fraction of sp³-hybridized carbons (Fsp3) is 0.259. The molecule has 3 atom stereocenters. The molecule has 1 saturated heterocycles. The van der Waals surface area contributed by atoms with E-state index in [1.165, 1.54) is 60.7 Å². The molecular formula is C27H27ClF3N3O4S. The topological polar surface area (TPSA) is 124 Å². The molecule has 1 aliphatic heterocycles. The van der Waals surface area contributed by atoms with Gasteiger partial charge in [0.1, 0.15) is 23.8 Å². The third-order valence-electron chi connectivity index (χ3n) is 6.10. The summed E-state index contributed by atoms with van der Waals surface area (Å²) in [6.07, 6.45) is -1.33. The van der Waals surface area contributed by atoms with Gasteiger partial charge in [-0.05, 0) is 54.4 Å². The molecule has 12 heteroatoms. The van der Waals surface area contributed by atoms with Crippen LogP contribution >= 0.6 is 12.4 Å². The first-order valence-electron chi connectivity index (χ1n) is 11.6. The van der Waals surface area contributed by atoms with Gasteiger partial charge in [0.25, 0.3) is 10.1 Å². The van der Waals surface area contributed by atoms with Gasteiger partial charge in [0.2, 0.25) is 5.91 Å². The van der Waals surface area contributed by atoms with E-state index >= 15 is 0 Å². The fourth-order valence-electron chi connectivity index (χ4n) is 4.14. The standard InChI is InChI=1S/C20H18F3N3O.C7H8O3S.ClH/c21-14-5-1-12(2-6-14)18(13-3-7-15(22)8-4-13)19(25)20(27)26-11-16(23)9-17(26)10-24;1-6-2-4-7(5-3-6)11(8,9)10;/h1-8,16-19H,9,11,25H2;2-5H,1H3,(H,8,9,10);1H/t16-,17-,19-;;/m0../s1. The Labute approximate surface area is 231 Å². The number of hydrogen-bond acceptors (Lipinski definition) is 5. The van der Waals surface area contributed by atoms with Gasteiger partial charge in [-0.2, -0.15) is 13.7 Å². The van der Waals surface area contributed by atoms with Gasteiger partial charge >= 0.3 is 0 Å².